The summed E-state index contributed by atoms with van der Waals surface area (Å²) in [7, 11) is 0. The number of nitro groups is 1. The minimum Gasteiger partial charge on any atom is -0.867 e. The van der Waals surface area contributed by atoms with Gasteiger partial charge in [0.1, 0.15) is 6.54 Å². The van der Waals surface area contributed by atoms with Gasteiger partial charge in [-0.25, -0.2) is 8.78 Å². The van der Waals surface area contributed by atoms with Crippen molar-refractivity contribution in [2.45, 2.75) is 0 Å². The van der Waals surface area contributed by atoms with Gasteiger partial charge in [-0.15, -0.1) is 0 Å². The van der Waals surface area contributed by atoms with Crippen LogP contribution in [0.15, 0.2) is 35.3 Å². The Bertz CT molecular complexity index is 874. The maximum atomic E-state index is 13.0. The van der Waals surface area contributed by atoms with Crippen molar-refractivity contribution in [3.05, 3.63) is 62.7 Å². The molecule has 0 unspecified atom stereocenters. The van der Waals surface area contributed by atoms with Crippen LogP contribution in [-0.2, 0) is 4.79 Å². The fraction of sp³-hybridized carbons (Fsp3) is 0.0667. The Labute approximate surface area is 144 Å². The Morgan fingerprint density at radius 3 is 2.64 bits per heavy atom. The van der Waals surface area contributed by atoms with E-state index in [1.165, 1.54) is 6.07 Å². The van der Waals surface area contributed by atoms with Crippen LogP contribution in [-0.4, -0.2) is 23.6 Å². The van der Waals surface area contributed by atoms with E-state index in [-0.39, 0.29) is 16.3 Å². The van der Waals surface area contributed by atoms with E-state index < -0.39 is 40.4 Å². The average Bonchev–Trinajstić information content (AvgIpc) is 2.53. The highest BCUT2D eigenvalue weighted by Gasteiger charge is 2.11. The van der Waals surface area contributed by atoms with Crippen LogP contribution in [0.5, 0.6) is 5.75 Å². The van der Waals surface area contributed by atoms with Gasteiger partial charge in [0.15, 0.2) is 11.6 Å². The van der Waals surface area contributed by atoms with Crippen LogP contribution < -0.4 is 10.4 Å². The van der Waals surface area contributed by atoms with Gasteiger partial charge in [-0.05, 0) is 29.5 Å². The SMILES string of the molecule is O=C(CN=Cc1cc(Cl)cc([N+](=O)[O-])c1[O-])Nc1ccc(F)c(F)c1. The fourth-order valence-corrected chi connectivity index (χ4v) is 2.05. The third kappa shape index (κ3) is 4.70. The number of amides is 1. The maximum absolute atomic E-state index is 13.0. The number of nitrogens with zero attached hydrogens (tertiary/aromatic N) is 2. The molecule has 1 N–H and O–H groups in total. The molecule has 0 saturated carbocycles. The molecule has 2 aromatic rings. The second-order valence-corrected chi connectivity index (χ2v) is 5.18. The molecule has 0 aliphatic carbocycles. The molecule has 25 heavy (non-hydrogen) atoms. The van der Waals surface area contributed by atoms with Crippen LogP contribution in [0, 0.1) is 21.7 Å². The molecule has 0 heterocycles. The number of anilines is 1. The molecule has 0 spiro atoms. The third-order valence-electron chi connectivity index (χ3n) is 2.93. The lowest BCUT2D eigenvalue weighted by Gasteiger charge is -2.10. The standard InChI is InChI=1S/C15H10ClF2N3O4/c16-9-3-8(15(23)13(4-9)21(24)25)6-19-7-14(22)20-10-1-2-11(17)12(18)5-10/h1-6,23H,7H2,(H,20,22)/p-1. The summed E-state index contributed by atoms with van der Waals surface area (Å²) in [6, 6.07) is 4.90. The van der Waals surface area contributed by atoms with Crippen LogP contribution in [0.3, 0.4) is 0 Å². The third-order valence-corrected chi connectivity index (χ3v) is 3.15. The minimum absolute atomic E-state index is 0.0287. The van der Waals surface area contributed by atoms with Crippen LogP contribution in [0.4, 0.5) is 20.2 Å². The molecule has 0 saturated heterocycles. The molecule has 130 valence electrons. The first-order chi connectivity index (χ1) is 11.8. The Balaban J connectivity index is 2.06. The minimum atomic E-state index is -1.12. The van der Waals surface area contributed by atoms with E-state index in [0.717, 1.165) is 30.5 Å². The van der Waals surface area contributed by atoms with E-state index in [1.54, 1.807) is 0 Å². The van der Waals surface area contributed by atoms with Crippen molar-refractivity contribution in [2.24, 2.45) is 4.99 Å². The maximum Gasteiger partial charge on any atom is 0.263 e. The van der Waals surface area contributed by atoms with E-state index in [1.807, 2.05) is 0 Å². The summed E-state index contributed by atoms with van der Waals surface area (Å²) in [4.78, 5) is 25.2. The summed E-state index contributed by atoms with van der Waals surface area (Å²) < 4.78 is 25.8. The second kappa shape index (κ2) is 7.67. The summed E-state index contributed by atoms with van der Waals surface area (Å²) in [5.41, 5.74) is -0.831. The van der Waals surface area contributed by atoms with E-state index in [9.17, 15) is 28.8 Å². The van der Waals surface area contributed by atoms with Crippen molar-refractivity contribution >= 4 is 35.1 Å². The summed E-state index contributed by atoms with van der Waals surface area (Å²) in [5.74, 6) is -3.73. The number of rotatable bonds is 5. The molecule has 0 atom stereocenters. The van der Waals surface area contributed by atoms with Crippen molar-refractivity contribution < 1.29 is 23.6 Å². The van der Waals surface area contributed by atoms with Crippen LogP contribution >= 0.6 is 11.6 Å². The lowest BCUT2D eigenvalue weighted by molar-refractivity contribution is -0.398. The first-order valence-corrected chi connectivity index (χ1v) is 7.05. The van der Waals surface area contributed by atoms with Gasteiger partial charge in [-0.3, -0.25) is 19.9 Å². The Hall–Kier alpha value is -3.07. The molecule has 2 aromatic carbocycles. The molecule has 7 nitrogen and oxygen atoms in total. The van der Waals surface area contributed by atoms with Crippen molar-refractivity contribution in [3.8, 4) is 5.75 Å². The summed E-state index contributed by atoms with van der Waals surface area (Å²) in [6.45, 7) is -0.446. The van der Waals surface area contributed by atoms with Crippen LogP contribution in [0.2, 0.25) is 5.02 Å². The normalized spacial score (nSPS) is 10.8. The zero-order valence-corrected chi connectivity index (χ0v) is 13.1. The topological polar surface area (TPSA) is 108 Å². The van der Waals surface area contributed by atoms with Gasteiger partial charge in [0.2, 0.25) is 5.91 Å². The molecule has 0 aromatic heterocycles. The number of carbonyl (C=O) groups excluding carboxylic acids is 1. The highest BCUT2D eigenvalue weighted by Crippen LogP contribution is 2.29. The van der Waals surface area contributed by atoms with Gasteiger partial charge in [-0.1, -0.05) is 11.6 Å². The fourth-order valence-electron chi connectivity index (χ4n) is 1.83. The molecule has 0 fully saturated rings. The molecule has 1 amide bonds. The van der Waals surface area contributed by atoms with Gasteiger partial charge in [-0.2, -0.15) is 0 Å². The zero-order valence-electron chi connectivity index (χ0n) is 12.3. The van der Waals surface area contributed by atoms with Crippen molar-refractivity contribution in [2.75, 3.05) is 11.9 Å². The van der Waals surface area contributed by atoms with Gasteiger partial charge in [0, 0.05) is 29.1 Å². The zero-order chi connectivity index (χ0) is 18.6. The number of hydrogen-bond acceptors (Lipinski definition) is 5. The Kier molecular flexibility index (Phi) is 5.60. The quantitative estimate of drug-likeness (QED) is 0.497. The number of aliphatic imine (C=N–C) groups is 1. The molecule has 0 aliphatic rings. The van der Waals surface area contributed by atoms with Gasteiger partial charge in [0.25, 0.3) is 5.69 Å². The number of halogens is 3. The van der Waals surface area contributed by atoms with E-state index in [0.29, 0.717) is 0 Å². The number of nitrogens with one attached hydrogen (secondary N) is 1. The van der Waals surface area contributed by atoms with Gasteiger partial charge < -0.3 is 10.4 Å². The monoisotopic (exact) mass is 368 g/mol. The predicted molar refractivity (Wildman–Crippen MR) is 85.0 cm³/mol. The lowest BCUT2D eigenvalue weighted by atomic mass is 10.2. The highest BCUT2D eigenvalue weighted by atomic mass is 35.5. The smallest absolute Gasteiger partial charge is 0.263 e. The summed E-state index contributed by atoms with van der Waals surface area (Å²) >= 11 is 5.69. The number of benzene rings is 2. The molecule has 0 aliphatic heterocycles. The van der Waals surface area contributed by atoms with Crippen molar-refractivity contribution in [1.29, 1.82) is 0 Å². The predicted octanol–water partition coefficient (Wildman–Crippen LogP) is 2.66. The molecule has 2 rings (SSSR count). The molecule has 0 radical (unpaired) electrons. The summed E-state index contributed by atoms with van der Waals surface area (Å²) in [5, 5.41) is 24.8. The van der Waals surface area contributed by atoms with Crippen LogP contribution in [0.1, 0.15) is 5.56 Å². The van der Waals surface area contributed by atoms with Crippen molar-refractivity contribution in [1.82, 2.24) is 0 Å². The number of nitro benzene ring substituents is 1. The second-order valence-electron chi connectivity index (χ2n) is 4.75. The molecule has 0 bridgehead atoms. The number of carbonyl (C=O) groups is 1. The van der Waals surface area contributed by atoms with Gasteiger partial charge >= 0.3 is 0 Å². The van der Waals surface area contributed by atoms with E-state index in [2.05, 4.69) is 10.3 Å². The molecular formula is C15H9ClF2N3O4-. The largest absolute Gasteiger partial charge is 0.867 e. The lowest BCUT2D eigenvalue weighted by Crippen LogP contribution is -2.15. The first-order valence-electron chi connectivity index (χ1n) is 6.67. The Morgan fingerprint density at radius 2 is 2.00 bits per heavy atom. The van der Waals surface area contributed by atoms with Crippen molar-refractivity contribution in [3.63, 3.8) is 0 Å². The summed E-state index contributed by atoms with van der Waals surface area (Å²) in [6.07, 6.45) is 0.978. The number of hydrogen-bond donors (Lipinski definition) is 1. The van der Waals surface area contributed by atoms with Crippen LogP contribution in [0.25, 0.3) is 0 Å². The van der Waals surface area contributed by atoms with E-state index >= 15 is 0 Å². The highest BCUT2D eigenvalue weighted by molar-refractivity contribution is 6.31. The van der Waals surface area contributed by atoms with E-state index in [4.69, 9.17) is 11.6 Å². The first kappa shape index (κ1) is 18.3. The Morgan fingerprint density at radius 1 is 1.28 bits per heavy atom. The molecule has 10 heteroatoms. The van der Waals surface area contributed by atoms with Gasteiger partial charge in [0.05, 0.1) is 4.92 Å². The average molecular weight is 369 g/mol. The molecular weight excluding hydrogens is 360 g/mol.